The van der Waals surface area contributed by atoms with Gasteiger partial charge >= 0.3 is 0 Å². The van der Waals surface area contributed by atoms with Crippen molar-refractivity contribution in [3.63, 3.8) is 0 Å². The van der Waals surface area contributed by atoms with Crippen LogP contribution in [0.3, 0.4) is 0 Å². The summed E-state index contributed by atoms with van der Waals surface area (Å²) in [5, 5.41) is 7.42. The number of benzene rings is 1. The molecule has 0 spiro atoms. The Morgan fingerprint density at radius 2 is 1.90 bits per heavy atom. The number of pyridine rings is 1. The number of carbonyl (C=O) groups is 1. The van der Waals surface area contributed by atoms with E-state index in [0.717, 1.165) is 22.9 Å². The van der Waals surface area contributed by atoms with E-state index in [-0.39, 0.29) is 35.3 Å². The number of halogens is 2. The molecule has 0 radical (unpaired) electrons. The van der Waals surface area contributed by atoms with Gasteiger partial charge < -0.3 is 0 Å². The Morgan fingerprint density at radius 1 is 1.12 bits per heavy atom. The number of carbonyl (C=O) groups excluding carboxylic acids is 1. The number of hydrogen-bond acceptors (Lipinski definition) is 7. The highest BCUT2D eigenvalue weighted by molar-refractivity contribution is 7.91. The van der Waals surface area contributed by atoms with E-state index in [2.05, 4.69) is 20.2 Å². The summed E-state index contributed by atoms with van der Waals surface area (Å²) >= 11 is 0. The van der Waals surface area contributed by atoms with Crippen LogP contribution in [-0.4, -0.2) is 49.0 Å². The summed E-state index contributed by atoms with van der Waals surface area (Å²) in [6.07, 6.45) is 7.62. The van der Waals surface area contributed by atoms with Crippen LogP contribution in [0.1, 0.15) is 47.9 Å². The molecule has 206 valence electrons. The van der Waals surface area contributed by atoms with Crippen molar-refractivity contribution < 1.29 is 22.0 Å². The second-order valence-electron chi connectivity index (χ2n) is 10.5. The van der Waals surface area contributed by atoms with Crippen LogP contribution in [0.2, 0.25) is 0 Å². The van der Waals surface area contributed by atoms with Crippen molar-refractivity contribution >= 4 is 21.7 Å². The Morgan fingerprint density at radius 3 is 2.60 bits per heavy atom. The summed E-state index contributed by atoms with van der Waals surface area (Å²) < 4.78 is 57.6. The number of rotatable bonds is 6. The number of fused-ring (bicyclic) bond motifs is 2. The minimum atomic E-state index is -3.87. The predicted molar refractivity (Wildman–Crippen MR) is 141 cm³/mol. The summed E-state index contributed by atoms with van der Waals surface area (Å²) in [6.45, 7) is 1.63. The predicted octanol–water partition coefficient (Wildman–Crippen LogP) is 4.15. The van der Waals surface area contributed by atoms with Crippen molar-refractivity contribution in [2.45, 2.75) is 43.0 Å². The van der Waals surface area contributed by atoms with E-state index in [0.29, 0.717) is 18.5 Å². The summed E-state index contributed by atoms with van der Waals surface area (Å²) in [4.78, 5) is 22.3. The Labute approximate surface area is 229 Å². The highest BCUT2D eigenvalue weighted by atomic mass is 32.2. The number of aromatic nitrogens is 6. The van der Waals surface area contributed by atoms with Gasteiger partial charge in [-0.3, -0.25) is 14.5 Å². The van der Waals surface area contributed by atoms with E-state index < -0.39 is 32.2 Å². The minimum Gasteiger partial charge on any atom is -0.291 e. The molecule has 1 saturated carbocycles. The molecule has 4 aromatic rings. The molecule has 6 rings (SSSR count). The van der Waals surface area contributed by atoms with Gasteiger partial charge in [-0.15, -0.1) is 5.10 Å². The van der Waals surface area contributed by atoms with E-state index in [1.165, 1.54) is 35.4 Å². The molecule has 0 amide bonds. The van der Waals surface area contributed by atoms with Crippen molar-refractivity contribution in [3.8, 4) is 5.69 Å². The number of nitrogens with zero attached hydrogens (tertiary/aromatic N) is 6. The van der Waals surface area contributed by atoms with Crippen molar-refractivity contribution in [2.75, 3.05) is 0 Å². The molecule has 1 aromatic carbocycles. The Balaban J connectivity index is 1.43. The molecule has 0 saturated heterocycles. The molecule has 2 aliphatic carbocycles. The van der Waals surface area contributed by atoms with E-state index in [1.54, 1.807) is 37.0 Å². The maximum atomic E-state index is 14.2. The molecule has 12 heteroatoms. The monoisotopic (exact) mass is 564 g/mol. The number of ketones is 1. The molecule has 0 bridgehead atoms. The highest BCUT2D eigenvalue weighted by Crippen LogP contribution is 2.53. The van der Waals surface area contributed by atoms with Crippen LogP contribution in [0.5, 0.6) is 0 Å². The molecule has 0 aliphatic heterocycles. The van der Waals surface area contributed by atoms with Crippen LogP contribution in [0, 0.1) is 23.0 Å². The fourth-order valence-corrected chi connectivity index (χ4v) is 7.49. The van der Waals surface area contributed by atoms with Crippen LogP contribution in [0.15, 0.2) is 65.8 Å². The number of aryl methyl sites for hydroxylation is 1. The van der Waals surface area contributed by atoms with Gasteiger partial charge in [0.2, 0.25) is 9.84 Å². The zero-order valence-corrected chi connectivity index (χ0v) is 22.6. The van der Waals surface area contributed by atoms with E-state index >= 15 is 0 Å². The van der Waals surface area contributed by atoms with Gasteiger partial charge in [0.15, 0.2) is 5.78 Å². The second-order valence-corrected chi connectivity index (χ2v) is 12.7. The first-order valence-corrected chi connectivity index (χ1v) is 14.4. The SMILES string of the molecule is C[C@H]([C@H]1CCC2=Cc3c(cnn3-c3ccc(F)cc3)C[C@]2(C(=O)c2cc(F)ccn2)C1)S(=O)(=O)c1ncn(C)n1. The van der Waals surface area contributed by atoms with Gasteiger partial charge in [-0.05, 0) is 80.5 Å². The maximum Gasteiger partial charge on any atom is 0.267 e. The number of Topliss-reactive ketones (excluding diaryl/α,β-unsaturated/α-hetero) is 1. The zero-order valence-electron chi connectivity index (χ0n) is 21.8. The van der Waals surface area contributed by atoms with Gasteiger partial charge in [-0.1, -0.05) is 5.57 Å². The average molecular weight is 565 g/mol. The third-order valence-corrected chi connectivity index (χ3v) is 10.2. The van der Waals surface area contributed by atoms with Crippen molar-refractivity contribution in [1.29, 1.82) is 0 Å². The maximum absolute atomic E-state index is 14.2. The van der Waals surface area contributed by atoms with Crippen LogP contribution in [-0.2, 0) is 23.3 Å². The fraction of sp³-hybridized carbons (Fsp3) is 0.321. The van der Waals surface area contributed by atoms with E-state index in [4.69, 9.17) is 0 Å². The van der Waals surface area contributed by atoms with E-state index in [9.17, 15) is 22.0 Å². The number of hydrogen-bond donors (Lipinski definition) is 0. The Kier molecular flexibility index (Phi) is 6.25. The quantitative estimate of drug-likeness (QED) is 0.324. The van der Waals surface area contributed by atoms with E-state index in [1.807, 2.05) is 6.08 Å². The largest absolute Gasteiger partial charge is 0.291 e. The Bertz CT molecular complexity index is 1760. The zero-order chi connectivity index (χ0) is 28.2. The summed E-state index contributed by atoms with van der Waals surface area (Å²) in [5.41, 5.74) is 1.89. The van der Waals surface area contributed by atoms with Gasteiger partial charge in [-0.2, -0.15) is 5.10 Å². The first-order valence-electron chi connectivity index (χ1n) is 12.9. The van der Waals surface area contributed by atoms with Crippen molar-refractivity contribution in [1.82, 2.24) is 29.5 Å². The topological polar surface area (TPSA) is 113 Å². The molecule has 3 aromatic heterocycles. The van der Waals surface area contributed by atoms with Crippen LogP contribution in [0.25, 0.3) is 11.8 Å². The van der Waals surface area contributed by atoms with Gasteiger partial charge in [0.1, 0.15) is 23.7 Å². The molecule has 1 fully saturated rings. The standard InChI is InChI=1S/C28H26F2N6O3S/c1-17(40(38,39)27-32-16-35(2)34-27)18-3-4-20-11-25-19(15-33-36(25)23-7-5-21(29)6-8-23)14-28(20,13-18)26(37)24-12-22(30)9-10-31-24/h5-12,15-18H,3-4,13-14H2,1-2H3/t17-,18+,28-/m1/s1. The van der Waals surface area contributed by atoms with Gasteiger partial charge in [0.25, 0.3) is 5.16 Å². The summed E-state index contributed by atoms with van der Waals surface area (Å²) in [7, 11) is -2.27. The first-order chi connectivity index (χ1) is 19.1. The molecule has 40 heavy (non-hydrogen) atoms. The van der Waals surface area contributed by atoms with Gasteiger partial charge in [0, 0.05) is 19.3 Å². The third kappa shape index (κ3) is 4.26. The normalized spacial score (nSPS) is 21.3. The van der Waals surface area contributed by atoms with Gasteiger partial charge in [-0.25, -0.2) is 26.9 Å². The molecule has 3 heterocycles. The smallest absolute Gasteiger partial charge is 0.267 e. The lowest BCUT2D eigenvalue weighted by Gasteiger charge is -2.45. The Hall–Kier alpha value is -4.06. The number of allylic oxidation sites excluding steroid dienone is 1. The molecule has 0 N–H and O–H groups in total. The molecule has 0 unspecified atom stereocenters. The molecular formula is C28H26F2N6O3S. The second kappa shape index (κ2) is 9.54. The van der Waals surface area contributed by atoms with Crippen LogP contribution < -0.4 is 0 Å². The van der Waals surface area contributed by atoms with Crippen LogP contribution in [0.4, 0.5) is 8.78 Å². The first kappa shape index (κ1) is 26.2. The average Bonchev–Trinajstić information content (AvgIpc) is 3.57. The van der Waals surface area contributed by atoms with Crippen LogP contribution >= 0.6 is 0 Å². The lowest BCUT2D eigenvalue weighted by atomic mass is 9.58. The number of sulfone groups is 1. The third-order valence-electron chi connectivity index (χ3n) is 8.15. The highest BCUT2D eigenvalue weighted by Gasteiger charge is 2.51. The van der Waals surface area contributed by atoms with Crippen molar-refractivity contribution in [3.05, 3.63) is 89.3 Å². The minimum absolute atomic E-state index is 0.0113. The summed E-state index contributed by atoms with van der Waals surface area (Å²) in [5.74, 6) is -1.69. The molecule has 3 atom stereocenters. The van der Waals surface area contributed by atoms with Crippen molar-refractivity contribution in [2.24, 2.45) is 18.4 Å². The van der Waals surface area contributed by atoms with Gasteiger partial charge in [0.05, 0.1) is 28.2 Å². The molecule has 9 nitrogen and oxygen atoms in total. The fourth-order valence-electron chi connectivity index (χ4n) is 5.98. The lowest BCUT2D eigenvalue weighted by Crippen LogP contribution is -2.45. The summed E-state index contributed by atoms with van der Waals surface area (Å²) in [6, 6.07) is 8.25. The molecule has 2 aliphatic rings. The lowest BCUT2D eigenvalue weighted by molar-refractivity contribution is 0.0753. The molecular weight excluding hydrogens is 538 g/mol.